The first kappa shape index (κ1) is 20.9. The standard InChI is InChI=1S/C20H19ClN4O3S2/c21-16-10-4-5-11-17(16)30(27,28)25-12-6-7-14(13-25)19-23-24-20(29-19)18(26)22-15-8-2-1-3-9-15/h1-5,8-11,14H,6-7,12-13H2,(H,22,26)/t14-/m1/s1. The number of aromatic nitrogens is 2. The van der Waals surface area contributed by atoms with Crippen molar-refractivity contribution in [1.82, 2.24) is 14.5 Å². The number of halogens is 1. The molecular formula is C20H19ClN4O3S2. The van der Waals surface area contributed by atoms with Crippen molar-refractivity contribution in [3.63, 3.8) is 0 Å². The van der Waals surface area contributed by atoms with Crippen molar-refractivity contribution in [1.29, 1.82) is 0 Å². The van der Waals surface area contributed by atoms with Gasteiger partial charge in [0, 0.05) is 24.7 Å². The van der Waals surface area contributed by atoms with Crippen molar-refractivity contribution in [3.05, 3.63) is 69.6 Å². The summed E-state index contributed by atoms with van der Waals surface area (Å²) < 4.78 is 27.5. The van der Waals surface area contributed by atoms with E-state index in [0.717, 1.165) is 6.42 Å². The average Bonchev–Trinajstić information content (AvgIpc) is 3.25. The van der Waals surface area contributed by atoms with E-state index in [4.69, 9.17) is 11.6 Å². The number of sulfonamides is 1. The molecule has 1 aliphatic rings. The Kier molecular flexibility index (Phi) is 6.14. The van der Waals surface area contributed by atoms with Gasteiger partial charge >= 0.3 is 0 Å². The summed E-state index contributed by atoms with van der Waals surface area (Å²) in [5.41, 5.74) is 0.675. The minimum atomic E-state index is -3.71. The Balaban J connectivity index is 1.49. The van der Waals surface area contributed by atoms with Gasteiger partial charge in [0.2, 0.25) is 15.0 Å². The monoisotopic (exact) mass is 462 g/mol. The molecule has 0 spiro atoms. The molecule has 0 saturated carbocycles. The topological polar surface area (TPSA) is 92.3 Å². The van der Waals surface area contributed by atoms with Crippen molar-refractivity contribution in [3.8, 4) is 0 Å². The smallest absolute Gasteiger partial charge is 0.286 e. The van der Waals surface area contributed by atoms with Crippen LogP contribution in [0.5, 0.6) is 0 Å². The molecule has 2 aromatic carbocycles. The maximum absolute atomic E-state index is 13.0. The predicted molar refractivity (Wildman–Crippen MR) is 116 cm³/mol. The predicted octanol–water partition coefficient (Wildman–Crippen LogP) is 4.01. The summed E-state index contributed by atoms with van der Waals surface area (Å²) >= 11 is 7.31. The Morgan fingerprint density at radius 2 is 1.83 bits per heavy atom. The Morgan fingerprint density at radius 3 is 2.60 bits per heavy atom. The zero-order valence-corrected chi connectivity index (χ0v) is 18.3. The molecule has 2 heterocycles. The molecule has 1 fully saturated rings. The lowest BCUT2D eigenvalue weighted by Crippen LogP contribution is -2.39. The second-order valence-corrected chi connectivity index (χ2v) is 10.2. The fourth-order valence-corrected chi connectivity index (χ4v) is 6.23. The second kappa shape index (κ2) is 8.81. The number of anilines is 1. The number of benzene rings is 2. The van der Waals surface area contributed by atoms with E-state index in [0.29, 0.717) is 23.7 Å². The van der Waals surface area contributed by atoms with Crippen LogP contribution < -0.4 is 5.32 Å². The average molecular weight is 463 g/mol. The van der Waals surface area contributed by atoms with Crippen LogP contribution in [-0.2, 0) is 10.0 Å². The number of carbonyl (C=O) groups is 1. The molecule has 1 amide bonds. The van der Waals surface area contributed by atoms with E-state index in [1.165, 1.54) is 21.7 Å². The SMILES string of the molecule is O=C(Nc1ccccc1)c1nnc([C@@H]2CCCN(S(=O)(=O)c3ccccc3Cl)C2)s1. The highest BCUT2D eigenvalue weighted by atomic mass is 35.5. The minimum Gasteiger partial charge on any atom is -0.320 e. The lowest BCUT2D eigenvalue weighted by Gasteiger charge is -2.30. The molecule has 1 saturated heterocycles. The third kappa shape index (κ3) is 4.39. The summed E-state index contributed by atoms with van der Waals surface area (Å²) in [6.45, 7) is 0.701. The number of hydrogen-bond donors (Lipinski definition) is 1. The van der Waals surface area contributed by atoms with E-state index in [-0.39, 0.29) is 33.3 Å². The summed E-state index contributed by atoms with van der Waals surface area (Å²) in [4.78, 5) is 12.5. The maximum Gasteiger partial charge on any atom is 0.286 e. The fraction of sp³-hybridized carbons (Fsp3) is 0.250. The number of para-hydroxylation sites is 1. The van der Waals surface area contributed by atoms with Crippen LogP contribution >= 0.6 is 22.9 Å². The molecule has 30 heavy (non-hydrogen) atoms. The number of piperidine rings is 1. The van der Waals surface area contributed by atoms with Gasteiger partial charge in [-0.25, -0.2) is 8.42 Å². The molecule has 1 N–H and O–H groups in total. The van der Waals surface area contributed by atoms with Gasteiger partial charge in [-0.15, -0.1) is 10.2 Å². The molecule has 156 valence electrons. The van der Waals surface area contributed by atoms with Crippen molar-refractivity contribution in [2.75, 3.05) is 18.4 Å². The molecule has 0 aliphatic carbocycles. The van der Waals surface area contributed by atoms with Crippen LogP contribution in [0.4, 0.5) is 5.69 Å². The number of nitrogens with zero attached hydrogens (tertiary/aromatic N) is 3. The van der Waals surface area contributed by atoms with Crippen LogP contribution in [0.1, 0.15) is 33.6 Å². The molecule has 1 aromatic heterocycles. The van der Waals surface area contributed by atoms with Gasteiger partial charge in [-0.1, -0.05) is 53.3 Å². The number of nitrogens with one attached hydrogen (secondary N) is 1. The first-order chi connectivity index (χ1) is 14.4. The summed E-state index contributed by atoms with van der Waals surface area (Å²) in [5.74, 6) is -0.451. The Labute approximate surface area is 183 Å². The van der Waals surface area contributed by atoms with Gasteiger partial charge in [0.25, 0.3) is 5.91 Å². The molecule has 0 bridgehead atoms. The van der Waals surface area contributed by atoms with Gasteiger partial charge < -0.3 is 5.32 Å². The third-order valence-electron chi connectivity index (χ3n) is 4.85. The van der Waals surface area contributed by atoms with Gasteiger partial charge in [-0.05, 0) is 37.1 Å². The quantitative estimate of drug-likeness (QED) is 0.618. The van der Waals surface area contributed by atoms with Crippen molar-refractivity contribution >= 4 is 44.6 Å². The lowest BCUT2D eigenvalue weighted by atomic mass is 10.0. The van der Waals surface area contributed by atoms with Crippen LogP contribution in [0.25, 0.3) is 0 Å². The molecule has 0 radical (unpaired) electrons. The molecule has 0 unspecified atom stereocenters. The first-order valence-electron chi connectivity index (χ1n) is 9.39. The highest BCUT2D eigenvalue weighted by molar-refractivity contribution is 7.89. The van der Waals surface area contributed by atoms with Crippen LogP contribution in [0.15, 0.2) is 59.5 Å². The summed E-state index contributed by atoms with van der Waals surface area (Å²) in [5, 5.41) is 12.1. The van der Waals surface area contributed by atoms with E-state index in [1.807, 2.05) is 18.2 Å². The van der Waals surface area contributed by atoms with Crippen LogP contribution in [-0.4, -0.2) is 41.9 Å². The molecule has 7 nitrogen and oxygen atoms in total. The number of carbonyl (C=O) groups excluding carboxylic acids is 1. The second-order valence-electron chi connectivity index (χ2n) is 6.90. The lowest BCUT2D eigenvalue weighted by molar-refractivity contribution is 0.102. The van der Waals surface area contributed by atoms with Crippen molar-refractivity contribution in [2.45, 2.75) is 23.7 Å². The normalized spacial score (nSPS) is 17.6. The molecule has 10 heteroatoms. The van der Waals surface area contributed by atoms with Gasteiger partial charge in [-0.2, -0.15) is 4.31 Å². The zero-order chi connectivity index (χ0) is 21.1. The van der Waals surface area contributed by atoms with Gasteiger partial charge in [0.1, 0.15) is 9.90 Å². The molecule has 1 aliphatic heterocycles. The molecule has 1 atom stereocenters. The van der Waals surface area contributed by atoms with E-state index in [9.17, 15) is 13.2 Å². The van der Waals surface area contributed by atoms with E-state index < -0.39 is 10.0 Å². The van der Waals surface area contributed by atoms with E-state index in [2.05, 4.69) is 15.5 Å². The van der Waals surface area contributed by atoms with Gasteiger partial charge in [-0.3, -0.25) is 4.79 Å². The molecular weight excluding hydrogens is 444 g/mol. The third-order valence-corrected chi connectivity index (χ3v) is 8.30. The van der Waals surface area contributed by atoms with Gasteiger partial charge in [0.05, 0.1) is 5.02 Å². The Hall–Kier alpha value is -2.33. The Morgan fingerprint density at radius 1 is 1.10 bits per heavy atom. The molecule has 3 aromatic rings. The summed E-state index contributed by atoms with van der Waals surface area (Å²) in [6, 6.07) is 15.5. The van der Waals surface area contributed by atoms with Crippen molar-refractivity contribution in [2.24, 2.45) is 0 Å². The highest BCUT2D eigenvalue weighted by Crippen LogP contribution is 2.33. The summed E-state index contributed by atoms with van der Waals surface area (Å²) in [7, 11) is -3.71. The number of amides is 1. The summed E-state index contributed by atoms with van der Waals surface area (Å²) in [6.07, 6.45) is 1.48. The maximum atomic E-state index is 13.0. The van der Waals surface area contributed by atoms with Crippen molar-refractivity contribution < 1.29 is 13.2 Å². The number of rotatable bonds is 5. The van der Waals surface area contributed by atoms with E-state index in [1.54, 1.807) is 30.3 Å². The minimum absolute atomic E-state index is 0.104. The zero-order valence-electron chi connectivity index (χ0n) is 15.9. The fourth-order valence-electron chi connectivity index (χ4n) is 3.35. The van der Waals surface area contributed by atoms with Crippen LogP contribution in [0.2, 0.25) is 5.02 Å². The first-order valence-corrected chi connectivity index (χ1v) is 12.0. The highest BCUT2D eigenvalue weighted by Gasteiger charge is 2.33. The number of hydrogen-bond acceptors (Lipinski definition) is 6. The van der Waals surface area contributed by atoms with E-state index >= 15 is 0 Å². The largest absolute Gasteiger partial charge is 0.320 e. The van der Waals surface area contributed by atoms with Crippen LogP contribution in [0.3, 0.4) is 0 Å². The van der Waals surface area contributed by atoms with Crippen LogP contribution in [0, 0.1) is 0 Å². The van der Waals surface area contributed by atoms with Gasteiger partial charge in [0.15, 0.2) is 0 Å². The Bertz CT molecular complexity index is 1150. The molecule has 4 rings (SSSR count).